The highest BCUT2D eigenvalue weighted by atomic mass is 32.1. The SMILES string of the molecule is COc1cc(/C=C/C(=O)NCc2nc(-c3ccncc3)cs2)cc2c1OCCO2. The summed E-state index contributed by atoms with van der Waals surface area (Å²) in [5.74, 6) is 1.57. The van der Waals surface area contributed by atoms with Crippen molar-refractivity contribution < 1.29 is 19.0 Å². The molecule has 1 amide bonds. The third-order valence-corrected chi connectivity index (χ3v) is 5.07. The molecular weight excluding hydrogens is 390 g/mol. The third-order valence-electron chi connectivity index (χ3n) is 4.22. The standard InChI is InChI=1S/C21H19N3O4S/c1-26-17-10-14(11-18-21(17)28-9-8-27-18)2-3-19(25)23-12-20-24-16(13-29-20)15-4-6-22-7-5-15/h2-7,10-11,13H,8-9,12H2,1H3,(H,23,25)/b3-2+. The van der Waals surface area contributed by atoms with E-state index in [-0.39, 0.29) is 5.91 Å². The summed E-state index contributed by atoms with van der Waals surface area (Å²) in [5, 5.41) is 5.65. The van der Waals surface area contributed by atoms with E-state index in [0.29, 0.717) is 37.0 Å². The lowest BCUT2D eigenvalue weighted by Gasteiger charge is -2.20. The Bertz CT molecular complexity index is 1020. The minimum atomic E-state index is -0.209. The molecule has 1 aromatic carbocycles. The Labute approximate surface area is 172 Å². The molecule has 0 radical (unpaired) electrons. The zero-order valence-electron chi connectivity index (χ0n) is 15.8. The van der Waals surface area contributed by atoms with Crippen LogP contribution in [0.4, 0.5) is 0 Å². The number of fused-ring (bicyclic) bond motifs is 1. The molecule has 0 atom stereocenters. The van der Waals surface area contributed by atoms with Gasteiger partial charge in [-0.2, -0.15) is 0 Å². The fourth-order valence-electron chi connectivity index (χ4n) is 2.83. The van der Waals surface area contributed by atoms with E-state index in [2.05, 4.69) is 15.3 Å². The van der Waals surface area contributed by atoms with E-state index in [1.54, 1.807) is 31.6 Å². The van der Waals surface area contributed by atoms with Gasteiger partial charge in [0.15, 0.2) is 11.5 Å². The quantitative estimate of drug-likeness (QED) is 0.629. The Balaban J connectivity index is 1.38. The highest BCUT2D eigenvalue weighted by Crippen LogP contribution is 2.40. The van der Waals surface area contributed by atoms with Gasteiger partial charge in [0.05, 0.1) is 19.3 Å². The zero-order valence-corrected chi connectivity index (χ0v) is 16.6. The predicted octanol–water partition coefficient (Wildman–Crippen LogP) is 3.31. The first-order valence-corrected chi connectivity index (χ1v) is 9.89. The van der Waals surface area contributed by atoms with Gasteiger partial charge < -0.3 is 19.5 Å². The average Bonchev–Trinajstić information content (AvgIpc) is 3.25. The molecule has 3 heterocycles. The van der Waals surface area contributed by atoms with Gasteiger partial charge in [-0.1, -0.05) is 0 Å². The van der Waals surface area contributed by atoms with Crippen LogP contribution in [0, 0.1) is 0 Å². The van der Waals surface area contributed by atoms with Crippen molar-refractivity contribution >= 4 is 23.3 Å². The molecule has 0 bridgehead atoms. The second kappa shape index (κ2) is 8.74. The van der Waals surface area contributed by atoms with E-state index in [1.807, 2.05) is 23.6 Å². The van der Waals surface area contributed by atoms with Gasteiger partial charge in [0.1, 0.15) is 18.2 Å². The van der Waals surface area contributed by atoms with Gasteiger partial charge >= 0.3 is 0 Å². The van der Waals surface area contributed by atoms with E-state index in [9.17, 15) is 4.79 Å². The second-order valence-corrected chi connectivity index (χ2v) is 7.10. The van der Waals surface area contributed by atoms with Gasteiger partial charge in [-0.3, -0.25) is 9.78 Å². The molecule has 0 saturated heterocycles. The molecule has 1 aliphatic rings. The number of amides is 1. The molecular formula is C21H19N3O4S. The van der Waals surface area contributed by atoms with Crippen LogP contribution in [-0.4, -0.2) is 36.2 Å². The van der Waals surface area contributed by atoms with Crippen LogP contribution in [0.2, 0.25) is 0 Å². The van der Waals surface area contributed by atoms with Crippen molar-refractivity contribution in [2.24, 2.45) is 0 Å². The van der Waals surface area contributed by atoms with Crippen LogP contribution in [0.3, 0.4) is 0 Å². The highest BCUT2D eigenvalue weighted by molar-refractivity contribution is 7.09. The molecule has 7 nitrogen and oxygen atoms in total. The van der Waals surface area contributed by atoms with Crippen molar-refractivity contribution in [1.82, 2.24) is 15.3 Å². The van der Waals surface area contributed by atoms with Gasteiger partial charge in [-0.15, -0.1) is 11.3 Å². The van der Waals surface area contributed by atoms with Crippen LogP contribution < -0.4 is 19.5 Å². The molecule has 0 unspecified atom stereocenters. The van der Waals surface area contributed by atoms with Gasteiger partial charge in [-0.25, -0.2) is 4.98 Å². The van der Waals surface area contributed by atoms with Gasteiger partial charge in [0.2, 0.25) is 11.7 Å². The largest absolute Gasteiger partial charge is 0.493 e. The van der Waals surface area contributed by atoms with Crippen molar-refractivity contribution in [2.45, 2.75) is 6.54 Å². The minimum Gasteiger partial charge on any atom is -0.493 e. The Hall–Kier alpha value is -3.39. The number of thiazole rings is 1. The third kappa shape index (κ3) is 4.55. The second-order valence-electron chi connectivity index (χ2n) is 6.16. The monoisotopic (exact) mass is 409 g/mol. The molecule has 1 N–H and O–H groups in total. The number of nitrogens with one attached hydrogen (secondary N) is 1. The van der Waals surface area contributed by atoms with Crippen LogP contribution in [-0.2, 0) is 11.3 Å². The molecule has 1 aliphatic heterocycles. The normalized spacial score (nSPS) is 12.7. The van der Waals surface area contributed by atoms with Crippen LogP contribution in [0.25, 0.3) is 17.3 Å². The summed E-state index contributed by atoms with van der Waals surface area (Å²) in [6.07, 6.45) is 6.64. The number of hydrogen-bond acceptors (Lipinski definition) is 7. The molecule has 4 rings (SSSR count). The van der Waals surface area contributed by atoms with Crippen molar-refractivity contribution in [3.63, 3.8) is 0 Å². The van der Waals surface area contributed by atoms with E-state index in [4.69, 9.17) is 14.2 Å². The molecule has 0 aliphatic carbocycles. The molecule has 8 heteroatoms. The summed E-state index contributed by atoms with van der Waals surface area (Å²) in [7, 11) is 1.57. The number of methoxy groups -OCH3 is 1. The average molecular weight is 409 g/mol. The van der Waals surface area contributed by atoms with Gasteiger partial charge in [0, 0.05) is 29.4 Å². The Morgan fingerprint density at radius 1 is 1.28 bits per heavy atom. The molecule has 0 fully saturated rings. The summed E-state index contributed by atoms with van der Waals surface area (Å²) in [6, 6.07) is 7.44. The smallest absolute Gasteiger partial charge is 0.244 e. The first-order chi connectivity index (χ1) is 14.2. The van der Waals surface area contributed by atoms with Crippen LogP contribution in [0.5, 0.6) is 17.2 Å². The highest BCUT2D eigenvalue weighted by Gasteiger charge is 2.17. The van der Waals surface area contributed by atoms with Crippen molar-refractivity contribution in [3.05, 3.63) is 58.7 Å². The van der Waals surface area contributed by atoms with Gasteiger partial charge in [-0.05, 0) is 35.9 Å². The zero-order chi connectivity index (χ0) is 20.1. The summed E-state index contributed by atoms with van der Waals surface area (Å²) < 4.78 is 16.5. The molecule has 0 saturated carbocycles. The van der Waals surface area contributed by atoms with Crippen LogP contribution in [0.15, 0.2) is 48.1 Å². The van der Waals surface area contributed by atoms with E-state index in [0.717, 1.165) is 21.8 Å². The molecule has 3 aromatic rings. The Morgan fingerprint density at radius 2 is 2.10 bits per heavy atom. The summed E-state index contributed by atoms with van der Waals surface area (Å²) in [4.78, 5) is 20.7. The lowest BCUT2D eigenvalue weighted by Crippen LogP contribution is -2.20. The topological polar surface area (TPSA) is 82.6 Å². The molecule has 148 valence electrons. The number of benzene rings is 1. The minimum absolute atomic E-state index is 0.209. The van der Waals surface area contributed by atoms with Gasteiger partial charge in [0.25, 0.3) is 0 Å². The summed E-state index contributed by atoms with van der Waals surface area (Å²) in [5.41, 5.74) is 2.66. The Morgan fingerprint density at radius 3 is 2.93 bits per heavy atom. The van der Waals surface area contributed by atoms with E-state index >= 15 is 0 Å². The number of carbonyl (C=O) groups excluding carboxylic acids is 1. The van der Waals surface area contributed by atoms with Crippen molar-refractivity contribution in [2.75, 3.05) is 20.3 Å². The number of ether oxygens (including phenoxy) is 3. The number of aromatic nitrogens is 2. The fraction of sp³-hybridized carbons (Fsp3) is 0.190. The van der Waals surface area contributed by atoms with Crippen molar-refractivity contribution in [3.8, 4) is 28.5 Å². The van der Waals surface area contributed by atoms with Crippen molar-refractivity contribution in [1.29, 1.82) is 0 Å². The first kappa shape index (κ1) is 18.9. The summed E-state index contributed by atoms with van der Waals surface area (Å²) in [6.45, 7) is 1.34. The number of pyridine rings is 1. The number of carbonyl (C=O) groups is 1. The van der Waals surface area contributed by atoms with E-state index in [1.165, 1.54) is 17.4 Å². The fourth-order valence-corrected chi connectivity index (χ4v) is 3.57. The molecule has 2 aromatic heterocycles. The maximum absolute atomic E-state index is 12.2. The number of nitrogens with zero attached hydrogens (tertiary/aromatic N) is 2. The number of hydrogen-bond donors (Lipinski definition) is 1. The lowest BCUT2D eigenvalue weighted by atomic mass is 10.1. The lowest BCUT2D eigenvalue weighted by molar-refractivity contribution is -0.116. The van der Waals surface area contributed by atoms with E-state index < -0.39 is 0 Å². The Kier molecular flexibility index (Phi) is 5.71. The first-order valence-electron chi connectivity index (χ1n) is 9.01. The molecule has 0 spiro atoms. The summed E-state index contributed by atoms with van der Waals surface area (Å²) >= 11 is 1.50. The van der Waals surface area contributed by atoms with Crippen LogP contribution >= 0.6 is 11.3 Å². The maximum atomic E-state index is 12.2. The maximum Gasteiger partial charge on any atom is 0.244 e. The molecule has 29 heavy (non-hydrogen) atoms. The van der Waals surface area contributed by atoms with Crippen LogP contribution in [0.1, 0.15) is 10.6 Å². The number of rotatable bonds is 6. The predicted molar refractivity (Wildman–Crippen MR) is 110 cm³/mol.